The molecule has 5 aromatic rings. The van der Waals surface area contributed by atoms with Crippen molar-refractivity contribution in [2.75, 3.05) is 53.3 Å². The van der Waals surface area contributed by atoms with E-state index in [9.17, 15) is 0 Å². The molecule has 0 unspecified atom stereocenters. The fraction of sp³-hybridized carbons (Fsp3) is 0.536. The van der Waals surface area contributed by atoms with Crippen LogP contribution in [0.5, 0.6) is 40.2 Å². The average Bonchev–Trinajstić information content (AvgIpc) is 2.73. The lowest BCUT2D eigenvalue weighted by atomic mass is 10.0. The summed E-state index contributed by atoms with van der Waals surface area (Å²) in [6, 6.07) is 16.4. The third kappa shape index (κ3) is 16.4. The molecule has 4 heterocycles. The summed E-state index contributed by atoms with van der Waals surface area (Å²) in [6.07, 6.45) is 23.7. The van der Waals surface area contributed by atoms with E-state index in [-0.39, 0.29) is 0 Å². The predicted molar refractivity (Wildman–Crippen MR) is 346 cm³/mol. The van der Waals surface area contributed by atoms with Crippen molar-refractivity contribution in [1.82, 2.24) is 10.3 Å². The molecule has 0 radical (unpaired) electrons. The minimum atomic E-state index is 0.467. The number of ether oxygens (including phenoxy) is 7. The van der Waals surface area contributed by atoms with E-state index in [1.807, 2.05) is 42.6 Å². The molecular formula is C69H94N8O7. The summed E-state index contributed by atoms with van der Waals surface area (Å²) >= 11 is 0. The van der Waals surface area contributed by atoms with E-state index in [0.717, 1.165) is 196 Å². The smallest absolute Gasteiger partial charge is 0.164 e. The summed E-state index contributed by atoms with van der Waals surface area (Å²) in [5.41, 5.74) is 6.10. The Kier molecular flexibility index (Phi) is 24.5. The minimum absolute atomic E-state index is 0.467. The van der Waals surface area contributed by atoms with Crippen LogP contribution in [0.2, 0.25) is 0 Å². The first-order valence-corrected chi connectivity index (χ1v) is 32.0. The van der Waals surface area contributed by atoms with Crippen LogP contribution < -0.4 is 38.5 Å². The maximum absolute atomic E-state index is 6.62. The number of hydrogen-bond donors (Lipinski definition) is 2. The van der Waals surface area contributed by atoms with E-state index in [0.29, 0.717) is 116 Å². The van der Waals surface area contributed by atoms with Gasteiger partial charge in [0.15, 0.2) is 52.0 Å². The molecule has 4 aromatic carbocycles. The van der Waals surface area contributed by atoms with Crippen molar-refractivity contribution in [2.24, 2.45) is 30.0 Å². The molecule has 0 spiro atoms. The van der Waals surface area contributed by atoms with E-state index in [4.69, 9.17) is 58.1 Å². The number of aliphatic imine (C=N–C) groups is 6. The Labute approximate surface area is 500 Å². The first kappa shape index (κ1) is 62.9. The van der Waals surface area contributed by atoms with E-state index in [1.165, 1.54) is 0 Å². The molecule has 2 N–H and O–H groups in total. The topological polar surface area (TPSA) is 167 Å². The number of fused-ring (bicyclic) bond motifs is 4. The van der Waals surface area contributed by atoms with Crippen molar-refractivity contribution in [1.29, 1.82) is 0 Å². The van der Waals surface area contributed by atoms with Crippen LogP contribution in [0.4, 0.5) is 11.6 Å². The second-order valence-corrected chi connectivity index (χ2v) is 22.2. The monoisotopic (exact) mass is 1150 g/mol. The van der Waals surface area contributed by atoms with Crippen molar-refractivity contribution in [2.45, 2.75) is 190 Å². The second kappa shape index (κ2) is 32.8. The Hall–Kier alpha value is -7.16. The summed E-state index contributed by atoms with van der Waals surface area (Å²) in [5.74, 6) is 8.80. The molecule has 0 atom stereocenters. The molecule has 0 aliphatic carbocycles. The third-order valence-electron chi connectivity index (χ3n) is 15.3. The maximum Gasteiger partial charge on any atom is 0.164 e. The van der Waals surface area contributed by atoms with Crippen molar-refractivity contribution < 1.29 is 33.2 Å². The molecule has 0 amide bonds. The van der Waals surface area contributed by atoms with Gasteiger partial charge in [-0.15, -0.1) is 0 Å². The Morgan fingerprint density at radius 3 is 1.20 bits per heavy atom. The number of aromatic nitrogens is 1. The quantitative estimate of drug-likeness (QED) is 0.0371. The van der Waals surface area contributed by atoms with Gasteiger partial charge in [0.1, 0.15) is 29.1 Å². The molecule has 3 aliphatic rings. The number of nitrogens with one attached hydrogen (secondary N) is 2. The lowest BCUT2D eigenvalue weighted by Crippen LogP contribution is -2.23. The first-order valence-electron chi connectivity index (χ1n) is 32.0. The Morgan fingerprint density at radius 2 is 0.762 bits per heavy atom. The molecule has 84 heavy (non-hydrogen) atoms. The fourth-order valence-electron chi connectivity index (χ4n) is 10.3. The molecule has 0 saturated heterocycles. The summed E-state index contributed by atoms with van der Waals surface area (Å²) in [5, 5.41) is 5.13. The highest BCUT2D eigenvalue weighted by Crippen LogP contribution is 2.44. The fourth-order valence-corrected chi connectivity index (χ4v) is 10.3. The number of aromatic amines is 1. The number of amidine groups is 5. The zero-order chi connectivity index (χ0) is 59.0. The molecule has 3 aliphatic heterocycles. The van der Waals surface area contributed by atoms with Gasteiger partial charge in [0.05, 0.1) is 46.2 Å². The third-order valence-corrected chi connectivity index (χ3v) is 15.3. The highest BCUT2D eigenvalue weighted by atomic mass is 16.5. The van der Waals surface area contributed by atoms with Crippen LogP contribution >= 0.6 is 0 Å². The van der Waals surface area contributed by atoms with Crippen LogP contribution in [0.3, 0.4) is 0 Å². The summed E-state index contributed by atoms with van der Waals surface area (Å²) < 4.78 is 45.5. The number of rotatable bonds is 37. The van der Waals surface area contributed by atoms with Gasteiger partial charge in [-0.25, -0.2) is 25.0 Å². The van der Waals surface area contributed by atoms with Crippen LogP contribution in [0, 0.1) is 6.92 Å². The van der Waals surface area contributed by atoms with Gasteiger partial charge in [0.2, 0.25) is 0 Å². The molecule has 15 nitrogen and oxygen atoms in total. The normalized spacial score (nSPS) is 15.1. The number of hydrogen-bond acceptors (Lipinski definition) is 11. The predicted octanol–water partition coefficient (Wildman–Crippen LogP) is 17.2. The lowest BCUT2D eigenvalue weighted by molar-refractivity contribution is 0.259. The van der Waals surface area contributed by atoms with Crippen molar-refractivity contribution >= 4 is 57.8 Å². The van der Waals surface area contributed by atoms with Gasteiger partial charge in [-0.3, -0.25) is 4.99 Å². The highest BCUT2D eigenvalue weighted by Gasteiger charge is 2.31. The van der Waals surface area contributed by atoms with Crippen LogP contribution in [0.1, 0.15) is 222 Å². The molecular weight excluding hydrogens is 1050 g/mol. The lowest BCUT2D eigenvalue weighted by Gasteiger charge is -2.15. The zero-order valence-corrected chi connectivity index (χ0v) is 52.0. The van der Waals surface area contributed by atoms with Gasteiger partial charge in [-0.05, 0) is 106 Å². The van der Waals surface area contributed by atoms with Gasteiger partial charge < -0.3 is 43.5 Å². The van der Waals surface area contributed by atoms with Gasteiger partial charge >= 0.3 is 0 Å². The van der Waals surface area contributed by atoms with Crippen molar-refractivity contribution in [3.63, 3.8) is 0 Å². The van der Waals surface area contributed by atoms with E-state index in [1.54, 1.807) is 7.05 Å². The van der Waals surface area contributed by atoms with Crippen LogP contribution in [-0.2, 0) is 0 Å². The molecule has 8 rings (SSSR count). The van der Waals surface area contributed by atoms with Gasteiger partial charge in [-0.1, -0.05) is 138 Å². The van der Waals surface area contributed by atoms with Gasteiger partial charge in [-0.2, -0.15) is 0 Å². The van der Waals surface area contributed by atoms with Crippen LogP contribution in [0.25, 0.3) is 10.8 Å². The summed E-state index contributed by atoms with van der Waals surface area (Å²) in [7, 11) is 1.79. The molecule has 0 fully saturated rings. The Morgan fingerprint density at radius 1 is 0.381 bits per heavy atom. The second-order valence-electron chi connectivity index (χ2n) is 22.2. The Balaban J connectivity index is 1.28. The summed E-state index contributed by atoms with van der Waals surface area (Å²) in [6.45, 7) is 21.6. The van der Waals surface area contributed by atoms with Crippen molar-refractivity contribution in [3.8, 4) is 40.2 Å². The largest absolute Gasteiger partial charge is 0.493 e. The van der Waals surface area contributed by atoms with Crippen LogP contribution in [0.15, 0.2) is 78.5 Å². The molecule has 452 valence electrons. The zero-order valence-electron chi connectivity index (χ0n) is 52.0. The number of unbranched alkanes of at least 4 members (excludes halogenated alkanes) is 14. The maximum atomic E-state index is 6.62. The van der Waals surface area contributed by atoms with E-state index < -0.39 is 0 Å². The Bertz CT molecular complexity index is 3170. The van der Waals surface area contributed by atoms with Gasteiger partial charge in [0, 0.05) is 57.4 Å². The van der Waals surface area contributed by atoms with Crippen molar-refractivity contribution in [3.05, 3.63) is 87.5 Å². The SMILES string of the molecule is CCCCCOc1cc2c(cc1C)C(N=C1NC(=NC)c3cc(OCCCCC)c(OCCCCC)cc31)=N/C2=N\c1[nH]c(/N=C2\N=Cc3cc(OCCCCC)c(OCCCCC)cc32)c2cc(OCCCCC)c(OCCCCC)cc12. The molecule has 1 aromatic heterocycles. The molecule has 0 bridgehead atoms. The number of H-pyrrole nitrogens is 1. The minimum Gasteiger partial charge on any atom is -0.493 e. The number of nitrogens with zero attached hydrogens (tertiary/aromatic N) is 6. The number of benzene rings is 4. The number of aryl methyl sites for hydroxylation is 1. The van der Waals surface area contributed by atoms with E-state index in [2.05, 4.69) is 82.8 Å². The molecule has 15 heteroatoms. The van der Waals surface area contributed by atoms with E-state index >= 15 is 0 Å². The average molecular weight is 1150 g/mol. The summed E-state index contributed by atoms with van der Waals surface area (Å²) in [4.78, 5) is 34.8. The first-order chi connectivity index (χ1) is 41.2. The highest BCUT2D eigenvalue weighted by molar-refractivity contribution is 6.31. The van der Waals surface area contributed by atoms with Gasteiger partial charge in [0.25, 0.3) is 0 Å². The standard InChI is InChI=1S/C69H94N8O7/c1-10-17-24-31-78-56-41-52-50(38-47(56)8)65(74-66-53-43-60(82-35-28-21-14-5)59(81-34-27-20-13-4)42-51(53)63(70-9)72-66)75-68(52)77-69-55-45-62(84-37-30-23-16-7)61(83-36-29-22-15-6)44-54(55)67(76-69)73-64-49-40-58(80-33-26-19-12-3)57(39-48(49)46-71-64)79-32-25-18-11-2/h38-46,76H,10-37H2,1-9H3,(H,70,72,74,75,77)/b73-64-. The van der Waals surface area contributed by atoms with Crippen LogP contribution in [-0.4, -0.2) is 93.7 Å². The molecule has 0 saturated carbocycles.